The first-order valence-electron chi connectivity index (χ1n) is 6.03. The summed E-state index contributed by atoms with van der Waals surface area (Å²) in [6.07, 6.45) is 0. The van der Waals surface area contributed by atoms with E-state index in [9.17, 15) is 8.42 Å². The fraction of sp³-hybridized carbons (Fsp3) is 0.333. The number of halogens is 3. The van der Waals surface area contributed by atoms with Crippen molar-refractivity contribution < 1.29 is 8.42 Å². The van der Waals surface area contributed by atoms with Crippen molar-refractivity contribution in [3.8, 4) is 11.4 Å². The highest BCUT2D eigenvalue weighted by Crippen LogP contribution is 2.29. The van der Waals surface area contributed by atoms with E-state index in [2.05, 4.69) is 26.1 Å². The molecule has 2 rings (SSSR count). The Kier molecular flexibility index (Phi) is 4.97. The molecule has 21 heavy (non-hydrogen) atoms. The molecule has 9 heteroatoms. The molecular weight excluding hydrogens is 401 g/mol. The smallest absolute Gasteiger partial charge is 0.296 e. The third-order valence-corrected chi connectivity index (χ3v) is 5.03. The van der Waals surface area contributed by atoms with Crippen LogP contribution in [0.15, 0.2) is 27.8 Å². The van der Waals surface area contributed by atoms with E-state index in [1.165, 1.54) is 4.57 Å². The van der Waals surface area contributed by atoms with Gasteiger partial charge in [-0.25, -0.2) is 8.42 Å². The highest BCUT2D eigenvalue weighted by Gasteiger charge is 2.24. The molecule has 0 atom stereocenters. The van der Waals surface area contributed by atoms with Crippen LogP contribution in [0.5, 0.6) is 0 Å². The van der Waals surface area contributed by atoms with Crippen LogP contribution in [0.3, 0.4) is 0 Å². The Hall–Kier alpha value is -0.630. The van der Waals surface area contributed by atoms with E-state index in [1.807, 2.05) is 13.8 Å². The van der Waals surface area contributed by atoms with Gasteiger partial charge in [0.15, 0.2) is 5.82 Å². The van der Waals surface area contributed by atoms with Gasteiger partial charge in [-0.3, -0.25) is 4.57 Å². The zero-order chi connectivity index (χ0) is 15.8. The van der Waals surface area contributed by atoms with Crippen LogP contribution >= 0.6 is 38.2 Å². The fourth-order valence-electron chi connectivity index (χ4n) is 1.85. The van der Waals surface area contributed by atoms with Crippen LogP contribution in [-0.2, 0) is 15.6 Å². The van der Waals surface area contributed by atoms with Gasteiger partial charge in [0.1, 0.15) is 0 Å². The van der Waals surface area contributed by atoms with Gasteiger partial charge in [0.05, 0.1) is 5.02 Å². The van der Waals surface area contributed by atoms with Crippen LogP contribution in [0.1, 0.15) is 13.8 Å². The maximum atomic E-state index is 11.6. The van der Waals surface area contributed by atoms with E-state index >= 15 is 0 Å². The number of aromatic nitrogens is 3. The normalized spacial score (nSPS) is 12.1. The minimum Gasteiger partial charge on any atom is -0.297 e. The summed E-state index contributed by atoms with van der Waals surface area (Å²) in [4.78, 5) is 0. The molecule has 0 radical (unpaired) electrons. The Morgan fingerprint density at radius 1 is 1.33 bits per heavy atom. The molecule has 0 amide bonds. The number of hydrogen-bond acceptors (Lipinski definition) is 4. The Morgan fingerprint density at radius 3 is 2.52 bits per heavy atom. The van der Waals surface area contributed by atoms with E-state index in [1.54, 1.807) is 18.2 Å². The second-order valence-electron chi connectivity index (χ2n) is 4.88. The van der Waals surface area contributed by atoms with Crippen molar-refractivity contribution >= 4 is 47.3 Å². The molecule has 0 spiro atoms. The van der Waals surface area contributed by atoms with E-state index in [4.69, 9.17) is 22.3 Å². The highest BCUT2D eigenvalue weighted by molar-refractivity contribution is 9.10. The predicted molar refractivity (Wildman–Crippen MR) is 86.0 cm³/mol. The molecule has 1 heterocycles. The second kappa shape index (κ2) is 6.24. The van der Waals surface area contributed by atoms with E-state index in [0.717, 1.165) is 0 Å². The maximum absolute atomic E-state index is 11.6. The van der Waals surface area contributed by atoms with Gasteiger partial charge in [-0.05, 0) is 40.0 Å². The SMILES string of the molecule is CC(C)Cn1c(-c2ccc(Cl)c(Br)c2)nnc1S(=O)(=O)Cl. The summed E-state index contributed by atoms with van der Waals surface area (Å²) in [5.74, 6) is 0.632. The Balaban J connectivity index is 2.63. The molecule has 0 bridgehead atoms. The Bertz CT molecular complexity index is 775. The maximum Gasteiger partial charge on any atom is 0.296 e. The van der Waals surface area contributed by atoms with Gasteiger partial charge in [-0.2, -0.15) is 0 Å². The fourth-order valence-corrected chi connectivity index (χ4v) is 3.25. The molecule has 0 N–H and O–H groups in total. The third-order valence-electron chi connectivity index (χ3n) is 2.66. The molecule has 0 fully saturated rings. The summed E-state index contributed by atoms with van der Waals surface area (Å²) in [5, 5.41) is 7.98. The molecule has 0 aliphatic heterocycles. The topological polar surface area (TPSA) is 64.8 Å². The molecule has 0 saturated carbocycles. The van der Waals surface area contributed by atoms with Gasteiger partial charge in [0.25, 0.3) is 14.2 Å². The van der Waals surface area contributed by atoms with Crippen molar-refractivity contribution in [2.75, 3.05) is 0 Å². The molecule has 0 saturated heterocycles. The lowest BCUT2D eigenvalue weighted by molar-refractivity contribution is 0.488. The van der Waals surface area contributed by atoms with Crippen molar-refractivity contribution in [3.63, 3.8) is 0 Å². The predicted octanol–water partition coefficient (Wildman–Crippen LogP) is 3.94. The monoisotopic (exact) mass is 411 g/mol. The molecular formula is C12H12BrCl2N3O2S. The average Bonchev–Trinajstić information content (AvgIpc) is 2.75. The van der Waals surface area contributed by atoms with Gasteiger partial charge in [0.2, 0.25) is 0 Å². The first-order valence-corrected chi connectivity index (χ1v) is 9.51. The van der Waals surface area contributed by atoms with Crippen LogP contribution in [0.25, 0.3) is 11.4 Å². The number of nitrogens with zero attached hydrogens (tertiary/aromatic N) is 3. The van der Waals surface area contributed by atoms with Crippen LogP contribution in [0.2, 0.25) is 5.02 Å². The van der Waals surface area contributed by atoms with Crippen molar-refractivity contribution in [1.82, 2.24) is 14.8 Å². The molecule has 5 nitrogen and oxygen atoms in total. The Labute approximate surface area is 140 Å². The van der Waals surface area contributed by atoms with Crippen LogP contribution in [0.4, 0.5) is 0 Å². The second-order valence-corrected chi connectivity index (χ2v) is 8.60. The molecule has 1 aromatic heterocycles. The molecule has 0 unspecified atom stereocenters. The first kappa shape index (κ1) is 16.7. The third kappa shape index (κ3) is 3.77. The lowest BCUT2D eigenvalue weighted by Crippen LogP contribution is -2.11. The first-order chi connectivity index (χ1) is 9.70. The molecule has 0 aliphatic rings. The summed E-state index contributed by atoms with van der Waals surface area (Å²) in [6, 6.07) is 5.20. The lowest BCUT2D eigenvalue weighted by atomic mass is 10.2. The van der Waals surface area contributed by atoms with Crippen LogP contribution in [0, 0.1) is 5.92 Å². The van der Waals surface area contributed by atoms with E-state index in [-0.39, 0.29) is 11.1 Å². The molecule has 2 aromatic rings. The molecule has 0 aliphatic carbocycles. The van der Waals surface area contributed by atoms with Gasteiger partial charge in [0, 0.05) is 27.3 Å². The van der Waals surface area contributed by atoms with Gasteiger partial charge >= 0.3 is 0 Å². The number of rotatable bonds is 4. The summed E-state index contributed by atoms with van der Waals surface area (Å²) in [6.45, 7) is 4.36. The summed E-state index contributed by atoms with van der Waals surface area (Å²) < 4.78 is 25.4. The minimum atomic E-state index is -3.96. The van der Waals surface area contributed by atoms with Gasteiger partial charge in [-0.15, -0.1) is 10.2 Å². The quantitative estimate of drug-likeness (QED) is 0.713. The summed E-state index contributed by atoms with van der Waals surface area (Å²) >= 11 is 9.29. The van der Waals surface area contributed by atoms with Gasteiger partial charge in [-0.1, -0.05) is 25.4 Å². The standard InChI is InChI=1S/C12H12BrCl2N3O2S/c1-7(2)6-18-11(16-17-12(18)21(15,19)20)8-3-4-10(14)9(13)5-8/h3-5,7H,6H2,1-2H3. The highest BCUT2D eigenvalue weighted by atomic mass is 79.9. The Morgan fingerprint density at radius 2 is 2.00 bits per heavy atom. The zero-order valence-corrected chi connectivity index (χ0v) is 15.1. The lowest BCUT2D eigenvalue weighted by Gasteiger charge is -2.11. The number of hydrogen-bond donors (Lipinski definition) is 0. The summed E-state index contributed by atoms with van der Waals surface area (Å²) in [7, 11) is 1.46. The van der Waals surface area contributed by atoms with Gasteiger partial charge < -0.3 is 0 Å². The summed E-state index contributed by atoms with van der Waals surface area (Å²) in [5.41, 5.74) is 0.700. The van der Waals surface area contributed by atoms with Crippen LogP contribution < -0.4 is 0 Å². The largest absolute Gasteiger partial charge is 0.297 e. The van der Waals surface area contributed by atoms with Crippen molar-refractivity contribution in [2.24, 2.45) is 5.92 Å². The average molecular weight is 413 g/mol. The molecule has 114 valence electrons. The minimum absolute atomic E-state index is 0.202. The van der Waals surface area contributed by atoms with Crippen molar-refractivity contribution in [1.29, 1.82) is 0 Å². The van der Waals surface area contributed by atoms with E-state index in [0.29, 0.717) is 27.4 Å². The van der Waals surface area contributed by atoms with Crippen molar-refractivity contribution in [3.05, 3.63) is 27.7 Å². The zero-order valence-electron chi connectivity index (χ0n) is 11.2. The van der Waals surface area contributed by atoms with Crippen LogP contribution in [-0.4, -0.2) is 23.2 Å². The van der Waals surface area contributed by atoms with E-state index < -0.39 is 9.05 Å². The molecule has 1 aromatic carbocycles. The number of benzene rings is 1. The van der Waals surface area contributed by atoms with Crippen molar-refractivity contribution in [2.45, 2.75) is 25.5 Å².